The van der Waals surface area contributed by atoms with Crippen LogP contribution in [0.2, 0.25) is 0 Å². The SMILES string of the molecule is CS(=O)(=O)c1ccc(N2CC(COC3CCN(C(=O)c4cnccn4)CC3)OC2=O)cc1. The zero-order valence-corrected chi connectivity index (χ0v) is 18.4. The van der Waals surface area contributed by atoms with Gasteiger partial charge in [-0.3, -0.25) is 14.7 Å². The standard InChI is InChI=1S/C21H24N4O6S/c1-32(28,29)18-4-2-15(3-5-18)25-13-17(31-21(25)27)14-30-16-6-10-24(11-7-16)20(26)19-12-22-8-9-23-19/h2-5,8-9,12,16-17H,6-7,10-11,13-14H2,1H3. The Labute approximate surface area is 186 Å². The first-order valence-electron chi connectivity index (χ1n) is 10.3. The fourth-order valence-corrected chi connectivity index (χ4v) is 4.36. The molecule has 2 aliphatic heterocycles. The van der Waals surface area contributed by atoms with Crippen molar-refractivity contribution in [1.82, 2.24) is 14.9 Å². The summed E-state index contributed by atoms with van der Waals surface area (Å²) in [6, 6.07) is 6.12. The van der Waals surface area contributed by atoms with Crippen molar-refractivity contribution in [2.45, 2.75) is 29.9 Å². The van der Waals surface area contributed by atoms with Crippen molar-refractivity contribution in [3.63, 3.8) is 0 Å². The van der Waals surface area contributed by atoms with Gasteiger partial charge in [-0.15, -0.1) is 0 Å². The number of anilines is 1. The van der Waals surface area contributed by atoms with E-state index < -0.39 is 22.0 Å². The zero-order chi connectivity index (χ0) is 22.7. The molecule has 2 saturated heterocycles. The van der Waals surface area contributed by atoms with Crippen molar-refractivity contribution in [2.24, 2.45) is 0 Å². The van der Waals surface area contributed by atoms with Gasteiger partial charge in [0.1, 0.15) is 11.8 Å². The second-order valence-corrected chi connectivity index (χ2v) is 9.81. The predicted molar refractivity (Wildman–Crippen MR) is 114 cm³/mol. The molecule has 1 unspecified atom stereocenters. The summed E-state index contributed by atoms with van der Waals surface area (Å²) in [6.07, 6.45) is 6.05. The first-order valence-corrected chi connectivity index (χ1v) is 12.2. The number of aromatic nitrogens is 2. The van der Waals surface area contributed by atoms with Gasteiger partial charge in [-0.2, -0.15) is 0 Å². The Morgan fingerprint density at radius 1 is 1.19 bits per heavy atom. The maximum absolute atomic E-state index is 12.4. The Kier molecular flexibility index (Phi) is 6.38. The maximum atomic E-state index is 12.4. The molecule has 0 radical (unpaired) electrons. The summed E-state index contributed by atoms with van der Waals surface area (Å²) < 4.78 is 34.5. The number of cyclic esters (lactones) is 1. The minimum absolute atomic E-state index is 0.0253. The van der Waals surface area contributed by atoms with E-state index in [1.807, 2.05) is 0 Å². The van der Waals surface area contributed by atoms with Crippen LogP contribution in [0.4, 0.5) is 10.5 Å². The number of carbonyl (C=O) groups is 2. The number of rotatable bonds is 6. The number of likely N-dealkylation sites (tertiary alicyclic amines) is 1. The van der Waals surface area contributed by atoms with Gasteiger partial charge in [0.25, 0.3) is 5.91 Å². The van der Waals surface area contributed by atoms with Crippen molar-refractivity contribution in [2.75, 3.05) is 37.4 Å². The molecule has 0 spiro atoms. The van der Waals surface area contributed by atoms with Gasteiger partial charge in [-0.1, -0.05) is 0 Å². The molecule has 1 aromatic heterocycles. The van der Waals surface area contributed by atoms with Crippen molar-refractivity contribution in [3.05, 3.63) is 48.5 Å². The fourth-order valence-electron chi connectivity index (χ4n) is 3.73. The molecule has 0 bridgehead atoms. The number of sulfone groups is 1. The molecule has 0 aliphatic carbocycles. The Morgan fingerprint density at radius 2 is 1.91 bits per heavy atom. The number of carbonyl (C=O) groups excluding carboxylic acids is 2. The third kappa shape index (κ3) is 5.05. The van der Waals surface area contributed by atoms with Crippen LogP contribution in [-0.2, 0) is 19.3 Å². The molecule has 1 atom stereocenters. The van der Waals surface area contributed by atoms with Gasteiger partial charge in [0.2, 0.25) is 0 Å². The molecule has 4 rings (SSSR count). The summed E-state index contributed by atoms with van der Waals surface area (Å²) in [5.74, 6) is -0.140. The summed E-state index contributed by atoms with van der Waals surface area (Å²) in [5, 5.41) is 0. The second kappa shape index (κ2) is 9.21. The zero-order valence-electron chi connectivity index (χ0n) is 17.6. The molecule has 1 aromatic carbocycles. The molecule has 2 aromatic rings. The number of piperidine rings is 1. The molecule has 0 saturated carbocycles. The van der Waals surface area contributed by atoms with E-state index >= 15 is 0 Å². The van der Waals surface area contributed by atoms with Crippen LogP contribution in [0.25, 0.3) is 0 Å². The number of hydrogen-bond donors (Lipinski definition) is 0. The van der Waals surface area contributed by atoms with Gasteiger partial charge < -0.3 is 14.4 Å². The quantitative estimate of drug-likeness (QED) is 0.637. The lowest BCUT2D eigenvalue weighted by Crippen LogP contribution is -2.42. The number of ether oxygens (including phenoxy) is 2. The van der Waals surface area contributed by atoms with E-state index in [0.29, 0.717) is 43.9 Å². The minimum atomic E-state index is -3.30. The van der Waals surface area contributed by atoms with E-state index in [1.165, 1.54) is 35.6 Å². The Balaban J connectivity index is 1.25. The fraction of sp³-hybridized carbons (Fsp3) is 0.429. The average Bonchev–Trinajstić information content (AvgIpc) is 3.18. The number of benzene rings is 1. The van der Waals surface area contributed by atoms with Crippen LogP contribution in [0.5, 0.6) is 0 Å². The van der Waals surface area contributed by atoms with Gasteiger partial charge >= 0.3 is 6.09 Å². The third-order valence-corrected chi connectivity index (χ3v) is 6.61. The van der Waals surface area contributed by atoms with Crippen LogP contribution in [0, 0.1) is 0 Å². The molecular formula is C21H24N4O6S. The Morgan fingerprint density at radius 3 is 2.53 bits per heavy atom. The van der Waals surface area contributed by atoms with Crippen molar-refractivity contribution in [1.29, 1.82) is 0 Å². The highest BCUT2D eigenvalue weighted by Gasteiger charge is 2.34. The molecule has 3 heterocycles. The normalized spacial score (nSPS) is 19.8. The summed E-state index contributed by atoms with van der Waals surface area (Å²) in [5.41, 5.74) is 0.898. The van der Waals surface area contributed by atoms with Crippen LogP contribution < -0.4 is 4.90 Å². The Bertz CT molecular complexity index is 1070. The average molecular weight is 461 g/mol. The number of nitrogens with zero attached hydrogens (tertiary/aromatic N) is 4. The van der Waals surface area contributed by atoms with Crippen LogP contribution in [0.3, 0.4) is 0 Å². The van der Waals surface area contributed by atoms with Crippen LogP contribution in [0.1, 0.15) is 23.3 Å². The van der Waals surface area contributed by atoms with Crippen molar-refractivity contribution in [3.8, 4) is 0 Å². The molecule has 2 aliphatic rings. The summed E-state index contributed by atoms with van der Waals surface area (Å²) in [7, 11) is -3.30. The van der Waals surface area contributed by atoms with Gasteiger partial charge in [-0.05, 0) is 37.1 Å². The van der Waals surface area contributed by atoms with Crippen LogP contribution in [-0.4, -0.2) is 80.0 Å². The molecule has 2 amide bonds. The van der Waals surface area contributed by atoms with Gasteiger partial charge in [0.15, 0.2) is 9.84 Å². The minimum Gasteiger partial charge on any atom is -0.441 e. The smallest absolute Gasteiger partial charge is 0.414 e. The molecule has 2 fully saturated rings. The highest BCUT2D eigenvalue weighted by Crippen LogP contribution is 2.24. The highest BCUT2D eigenvalue weighted by molar-refractivity contribution is 7.90. The first kappa shape index (κ1) is 22.2. The lowest BCUT2D eigenvalue weighted by Gasteiger charge is -2.32. The predicted octanol–water partition coefficient (Wildman–Crippen LogP) is 1.53. The van der Waals surface area contributed by atoms with E-state index in [1.54, 1.807) is 17.0 Å². The molecular weight excluding hydrogens is 436 g/mol. The van der Waals surface area contributed by atoms with Crippen molar-refractivity contribution < 1.29 is 27.5 Å². The third-order valence-electron chi connectivity index (χ3n) is 5.48. The molecule has 32 heavy (non-hydrogen) atoms. The van der Waals surface area contributed by atoms with E-state index in [2.05, 4.69) is 9.97 Å². The lowest BCUT2D eigenvalue weighted by atomic mass is 10.1. The first-order chi connectivity index (χ1) is 15.3. The summed E-state index contributed by atoms with van der Waals surface area (Å²) in [4.78, 5) is 36.1. The van der Waals surface area contributed by atoms with E-state index in [4.69, 9.17) is 9.47 Å². The second-order valence-electron chi connectivity index (χ2n) is 7.80. The molecule has 170 valence electrons. The van der Waals surface area contributed by atoms with Crippen LogP contribution in [0.15, 0.2) is 47.8 Å². The maximum Gasteiger partial charge on any atom is 0.414 e. The largest absolute Gasteiger partial charge is 0.441 e. The van der Waals surface area contributed by atoms with Crippen molar-refractivity contribution >= 4 is 27.5 Å². The number of amides is 2. The summed E-state index contributed by atoms with van der Waals surface area (Å²) >= 11 is 0. The highest BCUT2D eigenvalue weighted by atomic mass is 32.2. The Hall–Kier alpha value is -3.05. The van der Waals surface area contributed by atoms with E-state index in [9.17, 15) is 18.0 Å². The lowest BCUT2D eigenvalue weighted by molar-refractivity contribution is -0.0250. The number of hydrogen-bond acceptors (Lipinski definition) is 8. The summed E-state index contributed by atoms with van der Waals surface area (Å²) in [6.45, 7) is 1.69. The van der Waals surface area contributed by atoms with Gasteiger partial charge in [-0.25, -0.2) is 18.2 Å². The molecule has 11 heteroatoms. The van der Waals surface area contributed by atoms with Gasteiger partial charge in [0.05, 0.1) is 30.3 Å². The van der Waals surface area contributed by atoms with E-state index in [0.717, 1.165) is 6.26 Å². The van der Waals surface area contributed by atoms with Gasteiger partial charge in [0, 0.05) is 37.4 Å². The topological polar surface area (TPSA) is 119 Å². The van der Waals surface area contributed by atoms with Crippen LogP contribution >= 0.6 is 0 Å². The van der Waals surface area contributed by atoms with E-state index in [-0.39, 0.29) is 23.5 Å². The molecule has 10 nitrogen and oxygen atoms in total. The molecule has 0 N–H and O–H groups in total. The monoisotopic (exact) mass is 460 g/mol.